The van der Waals surface area contributed by atoms with E-state index < -0.39 is 32.8 Å². The first-order valence-corrected chi connectivity index (χ1v) is 15.6. The number of carbonyl (C=O) groups is 2. The van der Waals surface area contributed by atoms with Crippen LogP contribution in [0.4, 0.5) is 0 Å². The van der Waals surface area contributed by atoms with Crippen LogP contribution in [0.15, 0.2) is 54.6 Å². The predicted octanol–water partition coefficient (Wildman–Crippen LogP) is 2.91. The van der Waals surface area contributed by atoms with Gasteiger partial charge in [-0.15, -0.1) is 0 Å². The topological polar surface area (TPSA) is 136 Å². The largest absolute Gasteiger partial charge is 0.497 e. The van der Waals surface area contributed by atoms with Crippen LogP contribution >= 0.6 is 0 Å². The maximum atomic E-state index is 13.3. The Morgan fingerprint density at radius 3 is 2.59 bits per heavy atom. The lowest BCUT2D eigenvalue weighted by atomic mass is 10.1. The van der Waals surface area contributed by atoms with Gasteiger partial charge in [-0.25, -0.2) is 13.4 Å². The van der Waals surface area contributed by atoms with Crippen molar-refractivity contribution in [3.8, 4) is 22.8 Å². The maximum Gasteiger partial charge on any atom is 0.259 e. The van der Waals surface area contributed by atoms with Gasteiger partial charge in [0.05, 0.1) is 29.6 Å². The van der Waals surface area contributed by atoms with E-state index in [0.29, 0.717) is 50.1 Å². The van der Waals surface area contributed by atoms with E-state index >= 15 is 0 Å². The second-order valence-corrected chi connectivity index (χ2v) is 13.1. The minimum atomic E-state index is -3.70. The molecule has 2 aliphatic carbocycles. The molecule has 4 atom stereocenters. The van der Waals surface area contributed by atoms with Crippen LogP contribution in [-0.2, 0) is 19.6 Å². The molecule has 3 N–H and O–H groups in total. The van der Waals surface area contributed by atoms with Crippen molar-refractivity contribution in [2.75, 3.05) is 13.7 Å². The molecule has 2 aromatic carbocycles. The Hall–Kier alpha value is -3.70. The van der Waals surface area contributed by atoms with Gasteiger partial charge in [0.2, 0.25) is 15.9 Å². The van der Waals surface area contributed by atoms with Crippen molar-refractivity contribution in [3.63, 3.8) is 0 Å². The summed E-state index contributed by atoms with van der Waals surface area (Å²) in [4.78, 5) is 31.2. The fourth-order valence-corrected chi connectivity index (χ4v) is 6.99. The number of hydrogen-bond acceptors (Lipinski definition) is 8. The highest BCUT2D eigenvalue weighted by molar-refractivity contribution is 7.91. The Morgan fingerprint density at radius 2 is 1.90 bits per heavy atom. The summed E-state index contributed by atoms with van der Waals surface area (Å²) in [6.45, 7) is 2.36. The smallest absolute Gasteiger partial charge is 0.259 e. The Balaban J connectivity index is 1.17. The predicted molar refractivity (Wildman–Crippen MR) is 154 cm³/mol. The molecule has 1 unspecified atom stereocenters. The van der Waals surface area contributed by atoms with Gasteiger partial charge in [0, 0.05) is 36.0 Å². The van der Waals surface area contributed by atoms with Crippen LogP contribution in [-0.4, -0.2) is 61.8 Å². The maximum absolute atomic E-state index is 13.3. The van der Waals surface area contributed by atoms with Gasteiger partial charge in [0.1, 0.15) is 23.1 Å². The SMILES string of the molecule is CCC1C[C@]1(NC(=O)[C@@H]1C[C@@H](Oc2cc(-c3ccccc3)nc3cc(OC)ccc23)CN1)C(=O)NS(=O)(=O)C1CC1. The first-order valence-electron chi connectivity index (χ1n) is 14.0. The molecule has 3 fully saturated rings. The van der Waals surface area contributed by atoms with Crippen molar-refractivity contribution in [3.05, 3.63) is 54.6 Å². The normalized spacial score (nSPS) is 25.5. The number of ether oxygens (including phenoxy) is 2. The quantitative estimate of drug-likeness (QED) is 0.334. The number of nitrogens with one attached hydrogen (secondary N) is 3. The number of benzene rings is 2. The second-order valence-electron chi connectivity index (χ2n) is 11.1. The Kier molecular flexibility index (Phi) is 7.11. The molecule has 10 nitrogen and oxygen atoms in total. The van der Waals surface area contributed by atoms with Crippen molar-refractivity contribution in [2.45, 2.75) is 62.0 Å². The monoisotopic (exact) mass is 578 g/mol. The highest BCUT2D eigenvalue weighted by Crippen LogP contribution is 2.46. The first-order chi connectivity index (χ1) is 19.7. The van der Waals surface area contributed by atoms with Crippen LogP contribution in [0.25, 0.3) is 22.2 Å². The van der Waals surface area contributed by atoms with Crippen molar-refractivity contribution in [2.24, 2.45) is 5.92 Å². The lowest BCUT2D eigenvalue weighted by Crippen LogP contribution is -2.55. The Morgan fingerprint density at radius 1 is 1.12 bits per heavy atom. The molecule has 1 saturated heterocycles. The summed E-state index contributed by atoms with van der Waals surface area (Å²) in [6, 6.07) is 16.8. The number of pyridine rings is 1. The van der Waals surface area contributed by atoms with Crippen LogP contribution in [0.1, 0.15) is 39.0 Å². The number of carbonyl (C=O) groups excluding carboxylic acids is 2. The molecule has 0 spiro atoms. The zero-order chi connectivity index (χ0) is 28.8. The summed E-state index contributed by atoms with van der Waals surface area (Å²) in [5, 5.41) is 6.42. The van der Waals surface area contributed by atoms with E-state index in [0.717, 1.165) is 22.2 Å². The van der Waals surface area contributed by atoms with Crippen LogP contribution in [0.5, 0.6) is 11.5 Å². The third-order valence-corrected chi connectivity index (χ3v) is 10.1. The van der Waals surface area contributed by atoms with Gasteiger partial charge in [0.25, 0.3) is 5.91 Å². The summed E-state index contributed by atoms with van der Waals surface area (Å²) in [7, 11) is -2.09. The molecule has 41 heavy (non-hydrogen) atoms. The number of aromatic nitrogens is 1. The third kappa shape index (κ3) is 5.48. The molecule has 11 heteroatoms. The van der Waals surface area contributed by atoms with Gasteiger partial charge in [-0.05, 0) is 37.3 Å². The highest BCUT2D eigenvalue weighted by atomic mass is 32.2. The van der Waals surface area contributed by atoms with Crippen molar-refractivity contribution in [1.82, 2.24) is 20.3 Å². The molecule has 2 amide bonds. The van der Waals surface area contributed by atoms with E-state index in [1.165, 1.54) is 0 Å². The van der Waals surface area contributed by atoms with Gasteiger partial charge < -0.3 is 20.1 Å². The van der Waals surface area contributed by atoms with Crippen LogP contribution < -0.4 is 24.8 Å². The number of hydrogen-bond donors (Lipinski definition) is 3. The number of rotatable bonds is 10. The minimum Gasteiger partial charge on any atom is -0.497 e. The number of methoxy groups -OCH3 is 1. The standard InChI is InChI=1S/C30H34N4O6S/c1-3-19-16-30(19,29(36)34-41(37,38)22-10-11-22)33-28(35)26-14-21(17-31-26)40-27-15-24(18-7-5-4-6-8-18)32-25-13-20(39-2)9-12-23(25)27/h4-9,12-13,15,19,21-22,26,31H,3,10-11,14,16-17H2,1-2H3,(H,33,35)(H,34,36)/t19?,21-,26+,30-/m1/s1. The Labute approximate surface area is 239 Å². The molecule has 1 aliphatic heterocycles. The van der Waals surface area contributed by atoms with Gasteiger partial charge in [0.15, 0.2) is 0 Å². The van der Waals surface area contributed by atoms with Gasteiger partial charge >= 0.3 is 0 Å². The van der Waals surface area contributed by atoms with Gasteiger partial charge in [-0.1, -0.05) is 43.7 Å². The zero-order valence-corrected chi connectivity index (χ0v) is 23.9. The molecule has 2 saturated carbocycles. The van der Waals surface area contributed by atoms with E-state index in [9.17, 15) is 18.0 Å². The number of amides is 2. The number of nitrogens with zero attached hydrogens (tertiary/aromatic N) is 1. The molecular formula is C30H34N4O6S. The van der Waals surface area contributed by atoms with Crippen molar-refractivity contribution >= 4 is 32.7 Å². The van der Waals surface area contributed by atoms with Crippen LogP contribution in [0.2, 0.25) is 0 Å². The summed E-state index contributed by atoms with van der Waals surface area (Å²) in [6.07, 6.45) is 2.27. The molecule has 0 radical (unpaired) electrons. The molecule has 3 aliphatic rings. The fraction of sp³-hybridized carbons (Fsp3) is 0.433. The Bertz CT molecular complexity index is 1590. The average Bonchev–Trinajstić information content (AvgIpc) is 3.90. The summed E-state index contributed by atoms with van der Waals surface area (Å²) in [5.74, 6) is 0.265. The lowest BCUT2D eigenvalue weighted by Gasteiger charge is -2.21. The van der Waals surface area contributed by atoms with Gasteiger partial charge in [-0.3, -0.25) is 14.3 Å². The van der Waals surface area contributed by atoms with E-state index in [1.807, 2.05) is 61.5 Å². The van der Waals surface area contributed by atoms with E-state index in [-0.39, 0.29) is 17.9 Å². The molecule has 3 aromatic rings. The third-order valence-electron chi connectivity index (χ3n) is 8.30. The molecule has 216 valence electrons. The molecule has 6 rings (SSSR count). The fourth-order valence-electron chi connectivity index (χ4n) is 5.63. The molecule has 2 heterocycles. The molecule has 0 bridgehead atoms. The van der Waals surface area contributed by atoms with Crippen LogP contribution in [0.3, 0.4) is 0 Å². The lowest BCUT2D eigenvalue weighted by molar-refractivity contribution is -0.130. The average molecular weight is 579 g/mol. The van der Waals surface area contributed by atoms with Crippen LogP contribution in [0, 0.1) is 5.92 Å². The minimum absolute atomic E-state index is 0.106. The first kappa shape index (κ1) is 27.5. The van der Waals surface area contributed by atoms with Crippen molar-refractivity contribution in [1.29, 1.82) is 0 Å². The second kappa shape index (κ2) is 10.6. The van der Waals surface area contributed by atoms with Crippen molar-refractivity contribution < 1.29 is 27.5 Å². The summed E-state index contributed by atoms with van der Waals surface area (Å²) >= 11 is 0. The summed E-state index contributed by atoms with van der Waals surface area (Å²) < 4.78 is 38.9. The molecular weight excluding hydrogens is 544 g/mol. The highest BCUT2D eigenvalue weighted by Gasteiger charge is 2.61. The zero-order valence-electron chi connectivity index (χ0n) is 23.1. The van der Waals surface area contributed by atoms with E-state index in [4.69, 9.17) is 14.5 Å². The number of fused-ring (bicyclic) bond motifs is 1. The summed E-state index contributed by atoms with van der Waals surface area (Å²) in [5.41, 5.74) is 1.25. The molecule has 1 aromatic heterocycles. The van der Waals surface area contributed by atoms with Gasteiger partial charge in [-0.2, -0.15) is 0 Å². The van der Waals surface area contributed by atoms with E-state index in [1.54, 1.807) is 7.11 Å². The number of sulfonamides is 1. The van der Waals surface area contributed by atoms with E-state index in [2.05, 4.69) is 15.4 Å².